The highest BCUT2D eigenvalue weighted by Crippen LogP contribution is 2.21. The second-order valence-electron chi connectivity index (χ2n) is 4.44. The number of hydrogen-bond donors (Lipinski definition) is 3. The zero-order chi connectivity index (χ0) is 13.7. The van der Waals surface area contributed by atoms with E-state index < -0.39 is 5.60 Å². The van der Waals surface area contributed by atoms with E-state index in [1.165, 1.54) is 6.26 Å². The molecule has 100 valence electrons. The van der Waals surface area contributed by atoms with Gasteiger partial charge in [-0.05, 0) is 31.2 Å². The van der Waals surface area contributed by atoms with Crippen LogP contribution in [0, 0.1) is 0 Å². The smallest absolute Gasteiger partial charge is 0.193 e. The van der Waals surface area contributed by atoms with Crippen LogP contribution in [0.15, 0.2) is 58.1 Å². The molecule has 0 fully saturated rings. The molecule has 0 saturated carbocycles. The first-order chi connectivity index (χ1) is 9.08. The highest BCUT2D eigenvalue weighted by atomic mass is 16.4. The summed E-state index contributed by atoms with van der Waals surface area (Å²) in [6.07, 6.45) is 1.51. The molecule has 1 aromatic carbocycles. The Morgan fingerprint density at radius 3 is 2.68 bits per heavy atom. The van der Waals surface area contributed by atoms with E-state index in [2.05, 4.69) is 10.3 Å². The number of nitrogens with two attached hydrogens (primary N) is 1. The molecule has 1 atom stereocenters. The Kier molecular flexibility index (Phi) is 3.87. The van der Waals surface area contributed by atoms with Crippen LogP contribution < -0.4 is 11.1 Å². The number of furan rings is 1. The number of hydrogen-bond acceptors (Lipinski definition) is 3. The summed E-state index contributed by atoms with van der Waals surface area (Å²) in [5, 5.41) is 13.2. The topological polar surface area (TPSA) is 83.8 Å². The van der Waals surface area contributed by atoms with E-state index in [1.54, 1.807) is 19.1 Å². The number of guanidine groups is 1. The molecule has 2 rings (SSSR count). The van der Waals surface area contributed by atoms with Crippen LogP contribution in [0.25, 0.3) is 0 Å². The van der Waals surface area contributed by atoms with Gasteiger partial charge in [-0.3, -0.25) is 0 Å². The van der Waals surface area contributed by atoms with Gasteiger partial charge < -0.3 is 20.6 Å². The van der Waals surface area contributed by atoms with Crippen molar-refractivity contribution in [1.82, 2.24) is 0 Å². The number of nitrogens with one attached hydrogen (secondary N) is 1. The van der Waals surface area contributed by atoms with E-state index in [4.69, 9.17) is 10.2 Å². The van der Waals surface area contributed by atoms with Gasteiger partial charge in [-0.15, -0.1) is 0 Å². The lowest BCUT2D eigenvalue weighted by Gasteiger charge is -2.18. The van der Waals surface area contributed by atoms with E-state index in [1.807, 2.05) is 30.3 Å². The van der Waals surface area contributed by atoms with Crippen LogP contribution in [0.3, 0.4) is 0 Å². The fourth-order valence-corrected chi connectivity index (χ4v) is 1.61. The lowest BCUT2D eigenvalue weighted by molar-refractivity contribution is 0.0438. The molecule has 0 amide bonds. The maximum Gasteiger partial charge on any atom is 0.193 e. The molecular formula is C14H17N3O2. The van der Waals surface area contributed by atoms with Crippen molar-refractivity contribution >= 4 is 11.6 Å². The Hall–Kier alpha value is -2.27. The molecule has 4 N–H and O–H groups in total. The molecule has 0 aliphatic rings. The molecular weight excluding hydrogens is 242 g/mol. The van der Waals surface area contributed by atoms with Gasteiger partial charge in [0.15, 0.2) is 5.96 Å². The van der Waals surface area contributed by atoms with Crippen molar-refractivity contribution in [3.63, 3.8) is 0 Å². The fourth-order valence-electron chi connectivity index (χ4n) is 1.61. The number of anilines is 1. The molecule has 0 aliphatic heterocycles. The molecule has 1 heterocycles. The average Bonchev–Trinajstić information content (AvgIpc) is 2.92. The van der Waals surface area contributed by atoms with Gasteiger partial charge in [-0.1, -0.05) is 18.2 Å². The normalized spacial score (nSPS) is 14.9. The van der Waals surface area contributed by atoms with Crippen molar-refractivity contribution < 1.29 is 9.52 Å². The van der Waals surface area contributed by atoms with Crippen LogP contribution in [0.2, 0.25) is 0 Å². The summed E-state index contributed by atoms with van der Waals surface area (Å²) in [6, 6.07) is 12.9. The Morgan fingerprint density at radius 1 is 1.32 bits per heavy atom. The Labute approximate surface area is 111 Å². The van der Waals surface area contributed by atoms with E-state index >= 15 is 0 Å². The maximum atomic E-state index is 10.2. The summed E-state index contributed by atoms with van der Waals surface area (Å²) in [7, 11) is 0. The average molecular weight is 259 g/mol. The molecule has 0 bridgehead atoms. The van der Waals surface area contributed by atoms with E-state index in [9.17, 15) is 5.11 Å². The summed E-state index contributed by atoms with van der Waals surface area (Å²) in [6.45, 7) is 1.75. The third-order valence-corrected chi connectivity index (χ3v) is 2.66. The van der Waals surface area contributed by atoms with Gasteiger partial charge in [0.2, 0.25) is 0 Å². The van der Waals surface area contributed by atoms with Crippen LogP contribution >= 0.6 is 0 Å². The highest BCUT2D eigenvalue weighted by molar-refractivity contribution is 5.92. The molecule has 0 saturated heterocycles. The first-order valence-electron chi connectivity index (χ1n) is 5.96. The summed E-state index contributed by atoms with van der Waals surface area (Å²) in [5.74, 6) is 0.710. The molecule has 0 radical (unpaired) electrons. The Balaban J connectivity index is 1.98. The van der Waals surface area contributed by atoms with Crippen molar-refractivity contribution in [2.24, 2.45) is 10.7 Å². The minimum absolute atomic E-state index is 0.117. The van der Waals surface area contributed by atoms with Crippen LogP contribution in [0.1, 0.15) is 12.7 Å². The predicted molar refractivity (Wildman–Crippen MR) is 74.8 cm³/mol. The number of nitrogens with zero attached hydrogens (tertiary/aromatic N) is 1. The van der Waals surface area contributed by atoms with Gasteiger partial charge in [-0.2, -0.15) is 0 Å². The van der Waals surface area contributed by atoms with Gasteiger partial charge >= 0.3 is 0 Å². The van der Waals surface area contributed by atoms with Crippen molar-refractivity contribution in [2.75, 3.05) is 11.9 Å². The molecule has 1 unspecified atom stereocenters. The van der Waals surface area contributed by atoms with E-state index in [0.29, 0.717) is 5.76 Å². The summed E-state index contributed by atoms with van der Waals surface area (Å²) in [5.41, 5.74) is 5.44. The lowest BCUT2D eigenvalue weighted by Crippen LogP contribution is -2.29. The number of aliphatic hydroxyl groups is 1. The molecule has 0 spiro atoms. The minimum Gasteiger partial charge on any atom is -0.466 e. The second-order valence-corrected chi connectivity index (χ2v) is 4.44. The van der Waals surface area contributed by atoms with E-state index in [-0.39, 0.29) is 12.5 Å². The fraction of sp³-hybridized carbons (Fsp3) is 0.214. The molecule has 2 aromatic rings. The predicted octanol–water partition coefficient (Wildman–Crippen LogP) is 1.91. The van der Waals surface area contributed by atoms with Crippen molar-refractivity contribution in [3.8, 4) is 0 Å². The third kappa shape index (κ3) is 3.59. The Bertz CT molecular complexity index is 533. The Morgan fingerprint density at radius 2 is 2.05 bits per heavy atom. The number of benzene rings is 1. The van der Waals surface area contributed by atoms with Crippen molar-refractivity contribution in [2.45, 2.75) is 12.5 Å². The standard InChI is InChI=1S/C14H17N3O2/c1-14(18,12-8-5-9-19-12)10-16-13(15)17-11-6-3-2-4-7-11/h2-9,18H,10H2,1H3,(H3,15,16,17). The first-order valence-corrected chi connectivity index (χ1v) is 5.96. The quantitative estimate of drug-likeness (QED) is 0.578. The zero-order valence-electron chi connectivity index (χ0n) is 10.7. The largest absolute Gasteiger partial charge is 0.466 e. The van der Waals surface area contributed by atoms with Crippen LogP contribution in [0.5, 0.6) is 0 Å². The molecule has 1 aromatic heterocycles. The maximum absolute atomic E-state index is 10.2. The minimum atomic E-state index is -1.17. The van der Waals surface area contributed by atoms with E-state index in [0.717, 1.165) is 5.69 Å². The summed E-state index contributed by atoms with van der Waals surface area (Å²) < 4.78 is 5.17. The van der Waals surface area contributed by atoms with Crippen molar-refractivity contribution in [3.05, 3.63) is 54.5 Å². The summed E-state index contributed by atoms with van der Waals surface area (Å²) >= 11 is 0. The zero-order valence-corrected chi connectivity index (χ0v) is 10.7. The lowest BCUT2D eigenvalue weighted by atomic mass is 10.0. The molecule has 19 heavy (non-hydrogen) atoms. The SMILES string of the molecule is CC(O)(CN=C(N)Nc1ccccc1)c1ccco1. The molecule has 0 aliphatic carbocycles. The third-order valence-electron chi connectivity index (χ3n) is 2.66. The number of para-hydroxylation sites is 1. The van der Waals surface area contributed by atoms with Gasteiger partial charge in [0.05, 0.1) is 12.8 Å². The van der Waals surface area contributed by atoms with Gasteiger partial charge in [-0.25, -0.2) is 4.99 Å². The van der Waals surface area contributed by atoms with Gasteiger partial charge in [0.25, 0.3) is 0 Å². The van der Waals surface area contributed by atoms with Crippen LogP contribution in [-0.4, -0.2) is 17.6 Å². The number of rotatable bonds is 4. The monoisotopic (exact) mass is 259 g/mol. The van der Waals surface area contributed by atoms with Gasteiger partial charge in [0.1, 0.15) is 11.4 Å². The first kappa shape index (κ1) is 13.2. The van der Waals surface area contributed by atoms with Crippen molar-refractivity contribution in [1.29, 1.82) is 0 Å². The highest BCUT2D eigenvalue weighted by Gasteiger charge is 2.25. The van der Waals surface area contributed by atoms with Gasteiger partial charge in [0, 0.05) is 5.69 Å². The van der Waals surface area contributed by atoms with Crippen LogP contribution in [0.4, 0.5) is 5.69 Å². The summed E-state index contributed by atoms with van der Waals surface area (Å²) in [4.78, 5) is 4.12. The van der Waals surface area contributed by atoms with Crippen LogP contribution in [-0.2, 0) is 5.60 Å². The number of aliphatic imine (C=N–C) groups is 1. The second kappa shape index (κ2) is 5.58. The molecule has 5 heteroatoms. The molecule has 5 nitrogen and oxygen atoms in total.